The SMILES string of the molecule is O=C(Oc1ccc2oc(-c3ccco3)cc(=O)c2c1)C1CCCCC1. The summed E-state index contributed by atoms with van der Waals surface area (Å²) in [6.07, 6.45) is 6.58. The molecule has 0 N–H and O–H groups in total. The number of benzene rings is 1. The van der Waals surface area contributed by atoms with Crippen molar-refractivity contribution in [2.75, 3.05) is 0 Å². The van der Waals surface area contributed by atoms with Crippen molar-refractivity contribution in [3.05, 3.63) is 52.9 Å². The number of carbonyl (C=O) groups excluding carboxylic acids is 1. The Balaban J connectivity index is 1.62. The largest absolute Gasteiger partial charge is 0.461 e. The average Bonchev–Trinajstić information content (AvgIpc) is 3.17. The highest BCUT2D eigenvalue weighted by Gasteiger charge is 2.23. The van der Waals surface area contributed by atoms with Crippen LogP contribution in [0, 0.1) is 5.92 Å². The maximum absolute atomic E-state index is 12.4. The third-order valence-electron chi connectivity index (χ3n) is 4.62. The Morgan fingerprint density at radius 3 is 2.64 bits per heavy atom. The van der Waals surface area contributed by atoms with E-state index in [1.165, 1.54) is 18.8 Å². The van der Waals surface area contributed by atoms with Gasteiger partial charge in [-0.2, -0.15) is 0 Å². The van der Waals surface area contributed by atoms with Crippen molar-refractivity contribution in [2.24, 2.45) is 5.92 Å². The van der Waals surface area contributed by atoms with Gasteiger partial charge in [-0.25, -0.2) is 0 Å². The van der Waals surface area contributed by atoms with Crippen LogP contribution < -0.4 is 10.2 Å². The zero-order chi connectivity index (χ0) is 17.2. The molecule has 5 nitrogen and oxygen atoms in total. The summed E-state index contributed by atoms with van der Waals surface area (Å²) < 4.78 is 16.5. The third kappa shape index (κ3) is 3.22. The number of rotatable bonds is 3. The molecule has 128 valence electrons. The zero-order valence-electron chi connectivity index (χ0n) is 13.7. The van der Waals surface area contributed by atoms with Crippen LogP contribution in [0.5, 0.6) is 5.75 Å². The number of furan rings is 1. The van der Waals surface area contributed by atoms with Gasteiger partial charge in [0.25, 0.3) is 0 Å². The first-order chi connectivity index (χ1) is 12.2. The summed E-state index contributed by atoms with van der Waals surface area (Å²) >= 11 is 0. The van der Waals surface area contributed by atoms with Crippen molar-refractivity contribution >= 4 is 16.9 Å². The molecule has 0 unspecified atom stereocenters. The maximum Gasteiger partial charge on any atom is 0.314 e. The van der Waals surface area contributed by atoms with Gasteiger partial charge in [0.1, 0.15) is 11.3 Å². The Hall–Kier alpha value is -2.82. The van der Waals surface area contributed by atoms with Crippen LogP contribution in [-0.2, 0) is 4.79 Å². The molecule has 0 amide bonds. The quantitative estimate of drug-likeness (QED) is 0.518. The van der Waals surface area contributed by atoms with E-state index < -0.39 is 0 Å². The summed E-state index contributed by atoms with van der Waals surface area (Å²) in [7, 11) is 0. The van der Waals surface area contributed by atoms with Crippen LogP contribution in [-0.4, -0.2) is 5.97 Å². The molecule has 1 aromatic carbocycles. The van der Waals surface area contributed by atoms with Gasteiger partial charge in [-0.15, -0.1) is 0 Å². The summed E-state index contributed by atoms with van der Waals surface area (Å²) in [5.41, 5.74) is 0.222. The van der Waals surface area contributed by atoms with Crippen molar-refractivity contribution in [2.45, 2.75) is 32.1 Å². The van der Waals surface area contributed by atoms with Crippen LogP contribution in [0.15, 0.2) is 56.3 Å². The van der Waals surface area contributed by atoms with Gasteiger partial charge in [0.05, 0.1) is 17.6 Å². The molecule has 4 rings (SSSR count). The molecule has 2 aromatic heterocycles. The Bertz CT molecular complexity index is 946. The Morgan fingerprint density at radius 2 is 1.88 bits per heavy atom. The molecule has 1 saturated carbocycles. The summed E-state index contributed by atoms with van der Waals surface area (Å²) in [6, 6.07) is 9.70. The molecule has 5 heteroatoms. The molecule has 1 fully saturated rings. The number of fused-ring (bicyclic) bond motifs is 1. The number of esters is 1. The minimum atomic E-state index is -0.212. The smallest absolute Gasteiger partial charge is 0.314 e. The molecule has 1 aliphatic carbocycles. The van der Waals surface area contributed by atoms with Crippen LogP contribution in [0.4, 0.5) is 0 Å². The lowest BCUT2D eigenvalue weighted by atomic mass is 9.89. The van der Waals surface area contributed by atoms with E-state index in [-0.39, 0.29) is 17.3 Å². The highest BCUT2D eigenvalue weighted by Crippen LogP contribution is 2.28. The summed E-state index contributed by atoms with van der Waals surface area (Å²) in [4.78, 5) is 24.7. The van der Waals surface area contributed by atoms with E-state index in [0.29, 0.717) is 28.2 Å². The van der Waals surface area contributed by atoms with E-state index in [1.54, 1.807) is 30.3 Å². The fraction of sp³-hybridized carbons (Fsp3) is 0.300. The normalized spacial score (nSPS) is 15.4. The first kappa shape index (κ1) is 15.7. The molecule has 2 heterocycles. The van der Waals surface area contributed by atoms with Crippen molar-refractivity contribution in [3.8, 4) is 17.3 Å². The minimum absolute atomic E-state index is 0.0396. The molecule has 0 radical (unpaired) electrons. The lowest BCUT2D eigenvalue weighted by Crippen LogP contribution is -2.22. The standard InChI is InChI=1S/C20H18O5/c21-16-12-19(18-7-4-10-23-18)25-17-9-8-14(11-15(16)17)24-20(22)13-5-2-1-3-6-13/h4,7-13H,1-3,5-6H2. The predicted octanol–water partition coefficient (Wildman–Crippen LogP) is 4.54. The van der Waals surface area contributed by atoms with Crippen LogP contribution in [0.1, 0.15) is 32.1 Å². The highest BCUT2D eigenvalue weighted by molar-refractivity contribution is 5.82. The van der Waals surface area contributed by atoms with E-state index in [2.05, 4.69) is 0 Å². The van der Waals surface area contributed by atoms with E-state index in [0.717, 1.165) is 25.7 Å². The van der Waals surface area contributed by atoms with Gasteiger partial charge in [0.2, 0.25) is 0 Å². The van der Waals surface area contributed by atoms with Gasteiger partial charge in [-0.3, -0.25) is 9.59 Å². The van der Waals surface area contributed by atoms with Crippen LogP contribution in [0.3, 0.4) is 0 Å². The van der Waals surface area contributed by atoms with Crippen LogP contribution in [0.25, 0.3) is 22.5 Å². The second kappa shape index (κ2) is 6.59. The molecular weight excluding hydrogens is 320 g/mol. The monoisotopic (exact) mass is 338 g/mol. The van der Waals surface area contributed by atoms with Crippen molar-refractivity contribution < 1.29 is 18.4 Å². The second-order valence-corrected chi connectivity index (χ2v) is 6.37. The first-order valence-electron chi connectivity index (χ1n) is 8.54. The van der Waals surface area contributed by atoms with Gasteiger partial charge < -0.3 is 13.6 Å². The van der Waals surface area contributed by atoms with E-state index >= 15 is 0 Å². The lowest BCUT2D eigenvalue weighted by Gasteiger charge is -2.19. The Morgan fingerprint density at radius 1 is 1.04 bits per heavy atom. The van der Waals surface area contributed by atoms with Crippen LogP contribution in [0.2, 0.25) is 0 Å². The van der Waals surface area contributed by atoms with Gasteiger partial charge >= 0.3 is 5.97 Å². The average molecular weight is 338 g/mol. The van der Waals surface area contributed by atoms with Crippen molar-refractivity contribution in [1.29, 1.82) is 0 Å². The molecule has 0 bridgehead atoms. The summed E-state index contributed by atoms with van der Waals surface area (Å²) in [5, 5.41) is 0.379. The summed E-state index contributed by atoms with van der Waals surface area (Å²) in [5.74, 6) is 0.986. The summed E-state index contributed by atoms with van der Waals surface area (Å²) in [6.45, 7) is 0. The molecule has 0 spiro atoms. The fourth-order valence-corrected chi connectivity index (χ4v) is 3.28. The van der Waals surface area contributed by atoms with E-state index in [9.17, 15) is 9.59 Å². The van der Waals surface area contributed by atoms with Gasteiger partial charge in [0, 0.05) is 6.07 Å². The maximum atomic E-state index is 12.4. The third-order valence-corrected chi connectivity index (χ3v) is 4.62. The van der Waals surface area contributed by atoms with Crippen molar-refractivity contribution in [3.63, 3.8) is 0 Å². The molecule has 3 aromatic rings. The van der Waals surface area contributed by atoms with Crippen molar-refractivity contribution in [1.82, 2.24) is 0 Å². The van der Waals surface area contributed by atoms with E-state index in [4.69, 9.17) is 13.6 Å². The van der Waals surface area contributed by atoms with E-state index in [1.807, 2.05) is 0 Å². The zero-order valence-corrected chi connectivity index (χ0v) is 13.7. The molecule has 1 aliphatic rings. The molecule has 0 saturated heterocycles. The number of carbonyl (C=O) groups is 1. The second-order valence-electron chi connectivity index (χ2n) is 6.37. The molecule has 0 aliphatic heterocycles. The van der Waals surface area contributed by atoms with Gasteiger partial charge in [-0.1, -0.05) is 19.3 Å². The predicted molar refractivity (Wildman–Crippen MR) is 92.4 cm³/mol. The van der Waals surface area contributed by atoms with Gasteiger partial charge in [-0.05, 0) is 43.2 Å². The highest BCUT2D eigenvalue weighted by atomic mass is 16.5. The number of hydrogen-bond donors (Lipinski definition) is 0. The number of hydrogen-bond acceptors (Lipinski definition) is 5. The molecule has 0 atom stereocenters. The first-order valence-corrected chi connectivity index (χ1v) is 8.54. The Labute approximate surface area is 144 Å². The topological polar surface area (TPSA) is 69.7 Å². The van der Waals surface area contributed by atoms with Gasteiger partial charge in [0.15, 0.2) is 16.9 Å². The lowest BCUT2D eigenvalue weighted by molar-refractivity contribution is -0.139. The fourth-order valence-electron chi connectivity index (χ4n) is 3.28. The Kier molecular flexibility index (Phi) is 4.14. The molecular formula is C20H18O5. The minimum Gasteiger partial charge on any atom is -0.461 e. The van der Waals surface area contributed by atoms with Crippen LogP contribution >= 0.6 is 0 Å². The molecule has 25 heavy (non-hydrogen) atoms. The number of ether oxygens (including phenoxy) is 1.